The molecule has 0 rings (SSSR count). The number of hydrogen-bond donors (Lipinski definition) is 1. The molecular formula is C19H42NO4P. The van der Waals surface area contributed by atoms with Crippen molar-refractivity contribution < 1.29 is 18.9 Å². The van der Waals surface area contributed by atoms with Crippen LogP contribution in [-0.4, -0.2) is 54.2 Å². The lowest BCUT2D eigenvalue weighted by molar-refractivity contribution is -0.0403. The molecule has 25 heavy (non-hydrogen) atoms. The van der Waals surface area contributed by atoms with Gasteiger partial charge in [0.1, 0.15) is 6.10 Å². The molecule has 0 fully saturated rings. The Labute approximate surface area is 157 Å². The standard InChI is InChI=1S/C19H42NO4P/c1-7-9-11-13-22-15-19(23-14-12-10-8-2)16-24-25(21)20(17(3)4)18(5)6/h17-19,21H,7-16H2,1-6H3/t19-,25?/m1/s1. The van der Waals surface area contributed by atoms with E-state index in [0.29, 0.717) is 13.2 Å². The fourth-order valence-electron chi connectivity index (χ4n) is 2.62. The molecule has 6 heteroatoms. The number of rotatable bonds is 17. The maximum Gasteiger partial charge on any atom is 0.256 e. The summed E-state index contributed by atoms with van der Waals surface area (Å²) in [5, 5.41) is 0. The Morgan fingerprint density at radius 2 is 1.40 bits per heavy atom. The third kappa shape index (κ3) is 13.1. The Balaban J connectivity index is 4.32. The molecule has 0 radical (unpaired) electrons. The summed E-state index contributed by atoms with van der Waals surface area (Å²) in [5.74, 6) is 0. The highest BCUT2D eigenvalue weighted by Gasteiger charge is 2.25. The van der Waals surface area contributed by atoms with Crippen molar-refractivity contribution >= 4 is 8.53 Å². The number of hydrogen-bond acceptors (Lipinski definition) is 5. The molecule has 0 spiro atoms. The van der Waals surface area contributed by atoms with Crippen LogP contribution >= 0.6 is 8.53 Å². The van der Waals surface area contributed by atoms with Crippen LogP contribution < -0.4 is 0 Å². The highest BCUT2D eigenvalue weighted by Crippen LogP contribution is 2.40. The molecule has 0 aliphatic rings. The second-order valence-corrected chi connectivity index (χ2v) is 8.32. The molecule has 0 amide bonds. The highest BCUT2D eigenvalue weighted by atomic mass is 31.2. The minimum absolute atomic E-state index is 0.114. The average molecular weight is 380 g/mol. The van der Waals surface area contributed by atoms with E-state index in [1.165, 1.54) is 25.7 Å². The molecule has 0 aromatic carbocycles. The average Bonchev–Trinajstić information content (AvgIpc) is 2.54. The summed E-state index contributed by atoms with van der Waals surface area (Å²) in [6, 6.07) is 0.482. The lowest BCUT2D eigenvalue weighted by atomic mass is 10.2. The van der Waals surface area contributed by atoms with Gasteiger partial charge >= 0.3 is 0 Å². The lowest BCUT2D eigenvalue weighted by Crippen LogP contribution is -2.34. The summed E-state index contributed by atoms with van der Waals surface area (Å²) in [5.41, 5.74) is 0. The summed E-state index contributed by atoms with van der Waals surface area (Å²) in [4.78, 5) is 10.4. The predicted octanol–water partition coefficient (Wildman–Crippen LogP) is 5.12. The number of nitrogens with zero attached hydrogens (tertiary/aromatic N) is 1. The molecule has 0 saturated heterocycles. The van der Waals surface area contributed by atoms with Crippen molar-refractivity contribution in [1.82, 2.24) is 4.67 Å². The Hall–Kier alpha value is 0.230. The van der Waals surface area contributed by atoms with Crippen LogP contribution in [0, 0.1) is 0 Å². The third-order valence-corrected chi connectivity index (χ3v) is 5.63. The molecule has 0 aliphatic carbocycles. The molecule has 1 N–H and O–H groups in total. The third-order valence-electron chi connectivity index (χ3n) is 3.93. The van der Waals surface area contributed by atoms with E-state index < -0.39 is 8.53 Å². The molecule has 0 heterocycles. The van der Waals surface area contributed by atoms with Gasteiger partial charge in [0.25, 0.3) is 8.53 Å². The predicted molar refractivity (Wildman–Crippen MR) is 107 cm³/mol. The summed E-state index contributed by atoms with van der Waals surface area (Å²) >= 11 is 0. The van der Waals surface area contributed by atoms with Crippen molar-refractivity contribution in [2.45, 2.75) is 98.3 Å². The lowest BCUT2D eigenvalue weighted by Gasteiger charge is -2.33. The fraction of sp³-hybridized carbons (Fsp3) is 1.00. The van der Waals surface area contributed by atoms with Gasteiger partial charge in [0.05, 0.1) is 13.2 Å². The van der Waals surface area contributed by atoms with Gasteiger partial charge in [-0.05, 0) is 40.5 Å². The van der Waals surface area contributed by atoms with Gasteiger partial charge in [-0.15, -0.1) is 0 Å². The zero-order valence-corrected chi connectivity index (χ0v) is 18.3. The van der Waals surface area contributed by atoms with Crippen LogP contribution in [0.3, 0.4) is 0 Å². The van der Waals surface area contributed by atoms with Crippen LogP contribution in [-0.2, 0) is 14.0 Å². The molecule has 1 unspecified atom stereocenters. The Kier molecular flexibility index (Phi) is 16.6. The van der Waals surface area contributed by atoms with Crippen LogP contribution in [0.15, 0.2) is 0 Å². The molecular weight excluding hydrogens is 337 g/mol. The smallest absolute Gasteiger partial charge is 0.256 e. The first-order chi connectivity index (χ1) is 11.9. The van der Waals surface area contributed by atoms with Gasteiger partial charge in [0.15, 0.2) is 0 Å². The molecule has 152 valence electrons. The highest BCUT2D eigenvalue weighted by molar-refractivity contribution is 7.43. The summed E-state index contributed by atoms with van der Waals surface area (Å²) in [6.07, 6.45) is 6.76. The maximum atomic E-state index is 10.4. The van der Waals surface area contributed by atoms with Crippen molar-refractivity contribution in [3.63, 3.8) is 0 Å². The van der Waals surface area contributed by atoms with Crippen LogP contribution in [0.2, 0.25) is 0 Å². The Morgan fingerprint density at radius 3 is 1.92 bits per heavy atom. The number of unbranched alkanes of at least 4 members (excludes halogenated alkanes) is 4. The van der Waals surface area contributed by atoms with E-state index in [-0.39, 0.29) is 18.2 Å². The van der Waals surface area contributed by atoms with E-state index in [0.717, 1.165) is 26.1 Å². The zero-order chi connectivity index (χ0) is 19.1. The molecule has 0 bridgehead atoms. The van der Waals surface area contributed by atoms with Gasteiger partial charge < -0.3 is 18.9 Å². The van der Waals surface area contributed by atoms with Crippen molar-refractivity contribution in [1.29, 1.82) is 0 Å². The maximum absolute atomic E-state index is 10.4. The Morgan fingerprint density at radius 1 is 0.840 bits per heavy atom. The van der Waals surface area contributed by atoms with Gasteiger partial charge in [0, 0.05) is 25.3 Å². The second kappa shape index (κ2) is 16.4. The zero-order valence-electron chi connectivity index (χ0n) is 17.4. The molecule has 0 aliphatic heterocycles. The van der Waals surface area contributed by atoms with E-state index in [1.54, 1.807) is 0 Å². The van der Waals surface area contributed by atoms with Crippen molar-refractivity contribution in [2.24, 2.45) is 0 Å². The summed E-state index contributed by atoms with van der Waals surface area (Å²) in [6.45, 7) is 15.1. The van der Waals surface area contributed by atoms with Crippen LogP contribution in [0.25, 0.3) is 0 Å². The van der Waals surface area contributed by atoms with Crippen LogP contribution in [0.4, 0.5) is 0 Å². The van der Waals surface area contributed by atoms with Gasteiger partial charge in [-0.3, -0.25) is 0 Å². The van der Waals surface area contributed by atoms with Gasteiger partial charge in [-0.2, -0.15) is 0 Å². The van der Waals surface area contributed by atoms with Crippen molar-refractivity contribution in [3.8, 4) is 0 Å². The van der Waals surface area contributed by atoms with Gasteiger partial charge in [-0.25, -0.2) is 4.67 Å². The van der Waals surface area contributed by atoms with Gasteiger partial charge in [0.2, 0.25) is 0 Å². The Bertz CT molecular complexity index is 285. The topological polar surface area (TPSA) is 51.2 Å². The minimum Gasteiger partial charge on any atom is -0.379 e. The molecule has 2 atom stereocenters. The van der Waals surface area contributed by atoms with Crippen molar-refractivity contribution in [2.75, 3.05) is 26.4 Å². The van der Waals surface area contributed by atoms with Crippen LogP contribution in [0.5, 0.6) is 0 Å². The molecule has 0 aromatic rings. The monoisotopic (exact) mass is 379 g/mol. The summed E-state index contributed by atoms with van der Waals surface area (Å²) < 4.78 is 19.5. The van der Waals surface area contributed by atoms with E-state index in [2.05, 4.69) is 41.5 Å². The largest absolute Gasteiger partial charge is 0.379 e. The summed E-state index contributed by atoms with van der Waals surface area (Å²) in [7, 11) is -1.60. The van der Waals surface area contributed by atoms with E-state index in [4.69, 9.17) is 14.0 Å². The quantitative estimate of drug-likeness (QED) is 0.281. The first-order valence-electron chi connectivity index (χ1n) is 10.0. The fourth-order valence-corrected chi connectivity index (χ4v) is 3.85. The number of ether oxygens (including phenoxy) is 2. The van der Waals surface area contributed by atoms with Gasteiger partial charge in [-0.1, -0.05) is 39.5 Å². The normalized spacial score (nSPS) is 14.6. The molecule has 5 nitrogen and oxygen atoms in total. The molecule has 0 saturated carbocycles. The first kappa shape index (κ1) is 25.2. The van der Waals surface area contributed by atoms with E-state index in [1.807, 2.05) is 4.67 Å². The van der Waals surface area contributed by atoms with Crippen LogP contribution in [0.1, 0.15) is 80.1 Å². The SMILES string of the molecule is CCCCCOC[C@H](COP(O)N(C(C)C)C(C)C)OCCCCC. The first-order valence-corrected chi connectivity index (χ1v) is 11.2. The van der Waals surface area contributed by atoms with E-state index >= 15 is 0 Å². The molecule has 0 aromatic heterocycles. The second-order valence-electron chi connectivity index (χ2n) is 7.10. The van der Waals surface area contributed by atoms with Crippen molar-refractivity contribution in [3.05, 3.63) is 0 Å². The van der Waals surface area contributed by atoms with E-state index in [9.17, 15) is 4.89 Å². The minimum atomic E-state index is -1.60.